The summed E-state index contributed by atoms with van der Waals surface area (Å²) in [5.41, 5.74) is 27.7. The molecule has 0 aromatic heterocycles. The average Bonchev–Trinajstić information content (AvgIpc) is 2.99. The zero-order valence-electron chi connectivity index (χ0n) is 23.7. The molecule has 42 heavy (non-hydrogen) atoms. The van der Waals surface area contributed by atoms with Crippen LogP contribution in [0.2, 0.25) is 0 Å². The molecule has 0 fully saturated rings. The second-order valence-corrected chi connectivity index (χ2v) is 8.37. The molecule has 17 heteroatoms. The summed E-state index contributed by atoms with van der Waals surface area (Å²) in [6, 6.07) is 3.33. The van der Waals surface area contributed by atoms with Crippen LogP contribution in [0.5, 0.6) is 0 Å². The quantitative estimate of drug-likeness (QED) is 0.0641. The molecule has 0 aliphatic rings. The average molecular weight is 594 g/mol. The van der Waals surface area contributed by atoms with Gasteiger partial charge >= 0.3 is 5.97 Å². The second kappa shape index (κ2) is 26.3. The fourth-order valence-electron chi connectivity index (χ4n) is 3.64. The molecule has 1 N–H and O–H groups in total. The van der Waals surface area contributed by atoms with Crippen LogP contribution in [0.25, 0.3) is 31.3 Å². The van der Waals surface area contributed by atoms with Gasteiger partial charge in [0.15, 0.2) is 0 Å². The molecule has 232 valence electrons. The Hall–Kier alpha value is -3.62. The molecule has 0 heterocycles. The Morgan fingerprint density at radius 2 is 0.905 bits per heavy atom. The molecule has 0 atom stereocenters. The molecule has 1 aromatic rings. The molecule has 17 nitrogen and oxygen atoms in total. The number of azide groups is 3. The zero-order valence-corrected chi connectivity index (χ0v) is 23.7. The van der Waals surface area contributed by atoms with Crippen LogP contribution in [0, 0.1) is 0 Å². The summed E-state index contributed by atoms with van der Waals surface area (Å²) in [6.07, 6.45) is 1.53. The molecule has 0 saturated carbocycles. The number of carbonyl (C=O) groups is 1. The molecule has 0 saturated heterocycles. The van der Waals surface area contributed by atoms with Crippen LogP contribution in [-0.2, 0) is 47.7 Å². The normalized spacial score (nSPS) is 10.5. The van der Waals surface area contributed by atoms with Gasteiger partial charge in [-0.25, -0.2) is 4.79 Å². The maximum Gasteiger partial charge on any atom is 0.335 e. The van der Waals surface area contributed by atoms with E-state index in [4.69, 9.17) is 45.0 Å². The van der Waals surface area contributed by atoms with Gasteiger partial charge in [-0.05, 0) is 64.7 Å². The Labute approximate surface area is 243 Å². The molecule has 0 aliphatic heterocycles. The zero-order chi connectivity index (χ0) is 30.5. The third kappa shape index (κ3) is 18.7. The van der Waals surface area contributed by atoms with Crippen molar-refractivity contribution in [2.24, 2.45) is 15.3 Å². The van der Waals surface area contributed by atoms with Crippen LogP contribution < -0.4 is 0 Å². The highest BCUT2D eigenvalue weighted by Gasteiger charge is 2.15. The predicted molar refractivity (Wildman–Crippen MR) is 151 cm³/mol. The standard InChI is InChI=1S/C25H39N9O8/c26-32-29-4-10-40-16-13-37-7-1-21-19-23(25(35)36)20-22(2-8-38-14-17-41-11-5-30-33-27)24(21)3-9-39-15-18-42-12-6-31-34-28/h19-20H,1-18H2,(H,35,36). The molecule has 0 unspecified atom stereocenters. The van der Waals surface area contributed by atoms with Gasteiger partial charge in [0.05, 0.1) is 84.8 Å². The van der Waals surface area contributed by atoms with E-state index in [1.54, 1.807) is 12.1 Å². The van der Waals surface area contributed by atoms with Gasteiger partial charge in [-0.1, -0.05) is 15.3 Å². The van der Waals surface area contributed by atoms with E-state index >= 15 is 0 Å². The van der Waals surface area contributed by atoms with Gasteiger partial charge in [0, 0.05) is 34.4 Å². The van der Waals surface area contributed by atoms with Gasteiger partial charge < -0.3 is 33.5 Å². The first-order chi connectivity index (χ1) is 20.6. The number of ether oxygens (including phenoxy) is 6. The first kappa shape index (κ1) is 36.4. The van der Waals surface area contributed by atoms with E-state index in [1.807, 2.05) is 0 Å². The predicted octanol–water partition coefficient (Wildman–Crippen LogP) is 4.04. The van der Waals surface area contributed by atoms with Crippen molar-refractivity contribution in [2.45, 2.75) is 19.3 Å². The second-order valence-electron chi connectivity index (χ2n) is 8.37. The van der Waals surface area contributed by atoms with Crippen LogP contribution in [0.15, 0.2) is 27.5 Å². The van der Waals surface area contributed by atoms with Crippen molar-refractivity contribution in [1.29, 1.82) is 0 Å². The van der Waals surface area contributed by atoms with Crippen LogP contribution in [-0.4, -0.2) is 110 Å². The summed E-state index contributed by atoms with van der Waals surface area (Å²) in [5, 5.41) is 19.9. The maximum absolute atomic E-state index is 11.9. The highest BCUT2D eigenvalue weighted by atomic mass is 16.5. The van der Waals surface area contributed by atoms with Crippen molar-refractivity contribution in [1.82, 2.24) is 0 Å². The van der Waals surface area contributed by atoms with E-state index in [-0.39, 0.29) is 25.2 Å². The highest BCUT2D eigenvalue weighted by Crippen LogP contribution is 2.21. The van der Waals surface area contributed by atoms with Crippen molar-refractivity contribution in [3.8, 4) is 0 Å². The number of benzene rings is 1. The Morgan fingerprint density at radius 3 is 1.24 bits per heavy atom. The number of carboxylic acid groups (broad SMARTS) is 1. The molecule has 1 aromatic carbocycles. The van der Waals surface area contributed by atoms with Gasteiger partial charge in [0.25, 0.3) is 0 Å². The number of aromatic carboxylic acids is 1. The van der Waals surface area contributed by atoms with Crippen LogP contribution >= 0.6 is 0 Å². The van der Waals surface area contributed by atoms with E-state index in [1.165, 1.54) is 0 Å². The Bertz CT molecular complexity index is 988. The van der Waals surface area contributed by atoms with Crippen molar-refractivity contribution in [3.63, 3.8) is 0 Å². The van der Waals surface area contributed by atoms with Crippen LogP contribution in [0.3, 0.4) is 0 Å². The first-order valence-corrected chi connectivity index (χ1v) is 13.5. The molecule has 0 aliphatic carbocycles. The minimum absolute atomic E-state index is 0.181. The molecule has 0 amide bonds. The van der Waals surface area contributed by atoms with Crippen molar-refractivity contribution >= 4 is 5.97 Å². The van der Waals surface area contributed by atoms with E-state index in [2.05, 4.69) is 30.1 Å². The topological polar surface area (TPSA) is 239 Å². The number of carboxylic acids is 1. The van der Waals surface area contributed by atoms with Gasteiger partial charge in [0.1, 0.15) is 0 Å². The molecular weight excluding hydrogens is 554 g/mol. The van der Waals surface area contributed by atoms with E-state index in [9.17, 15) is 9.90 Å². The smallest absolute Gasteiger partial charge is 0.335 e. The summed E-state index contributed by atoms with van der Waals surface area (Å²) < 4.78 is 33.1. The summed E-state index contributed by atoms with van der Waals surface area (Å²) in [5.74, 6) is -1.03. The third-order valence-electron chi connectivity index (χ3n) is 5.52. The largest absolute Gasteiger partial charge is 0.478 e. The van der Waals surface area contributed by atoms with E-state index in [0.717, 1.165) is 16.7 Å². The monoisotopic (exact) mass is 593 g/mol. The Morgan fingerprint density at radius 1 is 0.571 bits per heavy atom. The summed E-state index contributed by atoms with van der Waals surface area (Å²) >= 11 is 0. The van der Waals surface area contributed by atoms with Crippen molar-refractivity contribution in [2.75, 3.05) is 98.9 Å². The van der Waals surface area contributed by atoms with Crippen molar-refractivity contribution < 1.29 is 38.3 Å². The number of nitrogens with zero attached hydrogens (tertiary/aromatic N) is 9. The van der Waals surface area contributed by atoms with Gasteiger partial charge in [-0.3, -0.25) is 0 Å². The summed E-state index contributed by atoms with van der Waals surface area (Å²) in [7, 11) is 0. The van der Waals surface area contributed by atoms with Gasteiger partial charge in [-0.15, -0.1) is 0 Å². The van der Waals surface area contributed by atoms with Gasteiger partial charge in [-0.2, -0.15) is 0 Å². The summed E-state index contributed by atoms with van der Waals surface area (Å²) in [6.45, 7) is 4.92. The number of hydrogen-bond acceptors (Lipinski definition) is 10. The van der Waals surface area contributed by atoms with Crippen LogP contribution in [0.1, 0.15) is 27.0 Å². The minimum atomic E-state index is -1.03. The third-order valence-corrected chi connectivity index (χ3v) is 5.52. The van der Waals surface area contributed by atoms with E-state index < -0.39 is 5.97 Å². The fourth-order valence-corrected chi connectivity index (χ4v) is 3.64. The molecular formula is C25H39N9O8. The fraction of sp³-hybridized carbons (Fsp3) is 0.720. The minimum Gasteiger partial charge on any atom is -0.478 e. The summed E-state index contributed by atoms with van der Waals surface area (Å²) in [4.78, 5) is 19.9. The van der Waals surface area contributed by atoms with Gasteiger partial charge in [0.2, 0.25) is 0 Å². The molecule has 0 radical (unpaired) electrons. The lowest BCUT2D eigenvalue weighted by atomic mass is 9.92. The molecule has 1 rings (SSSR count). The van der Waals surface area contributed by atoms with Crippen LogP contribution in [0.4, 0.5) is 0 Å². The maximum atomic E-state index is 11.9. The molecule has 0 bridgehead atoms. The van der Waals surface area contributed by atoms with E-state index in [0.29, 0.717) is 98.5 Å². The highest BCUT2D eigenvalue weighted by molar-refractivity contribution is 5.88. The Kier molecular flexibility index (Phi) is 22.8. The SMILES string of the molecule is [N-]=[N+]=NCCOCCOCCc1cc(C(=O)O)cc(CCOCCOCCN=[N+]=[N-])c1CCOCCOCCN=[N+]=[N-]. The number of hydrogen-bond donors (Lipinski definition) is 1. The number of rotatable bonds is 28. The van der Waals surface area contributed by atoms with Crippen molar-refractivity contribution in [3.05, 3.63) is 65.7 Å². The lowest BCUT2D eigenvalue weighted by molar-refractivity contribution is 0.0499. The lowest BCUT2D eigenvalue weighted by Gasteiger charge is -2.17. The lowest BCUT2D eigenvalue weighted by Crippen LogP contribution is -2.15. The molecule has 0 spiro atoms. The first-order valence-electron chi connectivity index (χ1n) is 13.5. The Balaban J connectivity index is 2.74.